The molecule has 7 heteroatoms. The maximum atomic E-state index is 12.3. The van der Waals surface area contributed by atoms with Gasteiger partial charge in [0.15, 0.2) is 0 Å². The van der Waals surface area contributed by atoms with Crippen LogP contribution in [0.1, 0.15) is 40.1 Å². The Labute approximate surface area is 138 Å². The molecule has 1 aromatic carbocycles. The molecule has 0 aliphatic rings. The fourth-order valence-corrected chi connectivity index (χ4v) is 2.92. The first-order valence-corrected chi connectivity index (χ1v) is 7.98. The summed E-state index contributed by atoms with van der Waals surface area (Å²) in [5.74, 6) is -1.05. The lowest BCUT2D eigenvalue weighted by Crippen LogP contribution is -2.18. The van der Waals surface area contributed by atoms with Gasteiger partial charge in [0.2, 0.25) is 5.91 Å². The molecule has 23 heavy (non-hydrogen) atoms. The number of carbonyl (C=O) groups is 2. The molecule has 0 aliphatic carbocycles. The Balaban J connectivity index is 2.07. The Kier molecular flexibility index (Phi) is 5.33. The molecule has 0 saturated carbocycles. The van der Waals surface area contributed by atoms with Crippen molar-refractivity contribution in [2.45, 2.75) is 26.7 Å². The van der Waals surface area contributed by atoms with Crippen LogP contribution in [0.15, 0.2) is 24.3 Å². The highest BCUT2D eigenvalue weighted by molar-refractivity contribution is 7.13. The number of nitrogens with zero attached hydrogens (tertiary/aromatic N) is 1. The number of hydrogen-bond donors (Lipinski definition) is 2. The average Bonchev–Trinajstić information content (AvgIpc) is 2.91. The third kappa shape index (κ3) is 4.07. The summed E-state index contributed by atoms with van der Waals surface area (Å²) in [5.41, 5.74) is 1.08. The molecule has 2 aromatic rings. The number of carboxylic acids is 1. The van der Waals surface area contributed by atoms with E-state index in [0.717, 1.165) is 17.1 Å². The van der Waals surface area contributed by atoms with Crippen LogP contribution in [-0.4, -0.2) is 28.6 Å². The Morgan fingerprint density at radius 3 is 2.52 bits per heavy atom. The first-order chi connectivity index (χ1) is 10.9. The van der Waals surface area contributed by atoms with E-state index in [0.29, 0.717) is 23.0 Å². The number of nitrogens with one attached hydrogen (secondary N) is 1. The summed E-state index contributed by atoms with van der Waals surface area (Å²) in [6.07, 6.45) is 0. The maximum absolute atomic E-state index is 12.3. The van der Waals surface area contributed by atoms with Crippen LogP contribution in [-0.2, 0) is 4.79 Å². The number of hydrogen-bond acceptors (Lipinski definition) is 5. The molecule has 2 rings (SSSR count). The number of benzene rings is 1. The van der Waals surface area contributed by atoms with Gasteiger partial charge in [-0.2, -0.15) is 0 Å². The largest absolute Gasteiger partial charge is 0.494 e. The molecule has 0 bridgehead atoms. The summed E-state index contributed by atoms with van der Waals surface area (Å²) >= 11 is 1.03. The molecule has 2 N–H and O–H groups in total. The first-order valence-electron chi connectivity index (χ1n) is 7.16. The van der Waals surface area contributed by atoms with E-state index in [-0.39, 0.29) is 10.8 Å². The number of aromatic carboxylic acids is 1. The minimum Gasteiger partial charge on any atom is -0.494 e. The van der Waals surface area contributed by atoms with Crippen LogP contribution < -0.4 is 10.1 Å². The normalized spacial score (nSPS) is 11.8. The van der Waals surface area contributed by atoms with Crippen LogP contribution in [0.25, 0.3) is 0 Å². The van der Waals surface area contributed by atoms with Crippen molar-refractivity contribution in [1.82, 2.24) is 4.98 Å². The topological polar surface area (TPSA) is 88.5 Å². The summed E-state index contributed by atoms with van der Waals surface area (Å²) < 4.78 is 5.34. The summed E-state index contributed by atoms with van der Waals surface area (Å²) in [4.78, 5) is 27.7. The van der Waals surface area contributed by atoms with Gasteiger partial charge in [0, 0.05) is 5.69 Å². The monoisotopic (exact) mass is 334 g/mol. The van der Waals surface area contributed by atoms with Gasteiger partial charge in [-0.15, -0.1) is 11.3 Å². The van der Waals surface area contributed by atoms with E-state index in [1.54, 1.807) is 38.1 Å². The number of amides is 1. The standard InChI is InChI=1S/C16H18N2O4S/c1-4-22-12-7-5-11(6-8-12)18-14(19)9(2)15-17-10(3)13(23-15)16(20)21/h5-9H,4H2,1-3H3,(H,18,19)(H,20,21). The van der Waals surface area contributed by atoms with Gasteiger partial charge in [-0.25, -0.2) is 9.78 Å². The number of aromatic nitrogens is 1. The summed E-state index contributed by atoms with van der Waals surface area (Å²) in [5, 5.41) is 12.3. The molecular weight excluding hydrogens is 316 g/mol. The second-order valence-corrected chi connectivity index (χ2v) is 5.97. The Hall–Kier alpha value is -2.41. The summed E-state index contributed by atoms with van der Waals surface area (Å²) in [6.45, 7) is 5.81. The highest BCUT2D eigenvalue weighted by atomic mass is 32.1. The molecule has 0 saturated heterocycles. The van der Waals surface area contributed by atoms with E-state index in [1.165, 1.54) is 0 Å². The molecule has 0 fully saturated rings. The number of carboxylic acid groups (broad SMARTS) is 1. The van der Waals surface area contributed by atoms with Crippen molar-refractivity contribution in [2.24, 2.45) is 0 Å². The molecule has 1 unspecified atom stereocenters. The van der Waals surface area contributed by atoms with Crippen molar-refractivity contribution in [3.63, 3.8) is 0 Å². The van der Waals surface area contributed by atoms with Gasteiger partial charge in [0.25, 0.3) is 0 Å². The first kappa shape index (κ1) is 17.0. The van der Waals surface area contributed by atoms with E-state index >= 15 is 0 Å². The molecule has 1 atom stereocenters. The molecule has 0 radical (unpaired) electrons. The Morgan fingerprint density at radius 2 is 2.00 bits per heavy atom. The zero-order valence-corrected chi connectivity index (χ0v) is 13.9. The number of aryl methyl sites for hydroxylation is 1. The highest BCUT2D eigenvalue weighted by Gasteiger charge is 2.22. The van der Waals surface area contributed by atoms with Gasteiger partial charge < -0.3 is 15.2 Å². The van der Waals surface area contributed by atoms with Gasteiger partial charge in [-0.05, 0) is 45.0 Å². The lowest BCUT2D eigenvalue weighted by atomic mass is 10.1. The SMILES string of the molecule is CCOc1ccc(NC(=O)C(C)c2nc(C)c(C(=O)O)s2)cc1. The fraction of sp³-hybridized carbons (Fsp3) is 0.312. The zero-order valence-electron chi connectivity index (χ0n) is 13.1. The third-order valence-electron chi connectivity index (χ3n) is 3.20. The molecule has 6 nitrogen and oxygen atoms in total. The van der Waals surface area contributed by atoms with E-state index in [9.17, 15) is 9.59 Å². The van der Waals surface area contributed by atoms with Crippen molar-refractivity contribution >= 4 is 28.9 Å². The molecule has 0 spiro atoms. The van der Waals surface area contributed by atoms with E-state index < -0.39 is 11.9 Å². The summed E-state index contributed by atoms with van der Waals surface area (Å²) in [7, 11) is 0. The second-order valence-electron chi connectivity index (χ2n) is 4.94. The van der Waals surface area contributed by atoms with Crippen LogP contribution >= 0.6 is 11.3 Å². The predicted molar refractivity (Wildman–Crippen MR) is 88.5 cm³/mol. The minimum absolute atomic E-state index is 0.167. The smallest absolute Gasteiger partial charge is 0.347 e. The van der Waals surface area contributed by atoms with Crippen molar-refractivity contribution < 1.29 is 19.4 Å². The lowest BCUT2D eigenvalue weighted by molar-refractivity contribution is -0.117. The molecule has 1 heterocycles. The van der Waals surface area contributed by atoms with Crippen LogP contribution in [0.2, 0.25) is 0 Å². The number of thiazole rings is 1. The fourth-order valence-electron chi connectivity index (χ4n) is 1.96. The lowest BCUT2D eigenvalue weighted by Gasteiger charge is -2.10. The van der Waals surface area contributed by atoms with Gasteiger partial charge in [-0.3, -0.25) is 4.79 Å². The van der Waals surface area contributed by atoms with Crippen LogP contribution in [0, 0.1) is 6.92 Å². The average molecular weight is 334 g/mol. The Morgan fingerprint density at radius 1 is 1.35 bits per heavy atom. The second kappa shape index (κ2) is 7.23. The molecule has 1 aromatic heterocycles. The molecule has 122 valence electrons. The highest BCUT2D eigenvalue weighted by Crippen LogP contribution is 2.26. The third-order valence-corrected chi connectivity index (χ3v) is 4.53. The van der Waals surface area contributed by atoms with Crippen LogP contribution in [0.3, 0.4) is 0 Å². The van der Waals surface area contributed by atoms with Gasteiger partial charge in [-0.1, -0.05) is 0 Å². The number of ether oxygens (including phenoxy) is 1. The Bertz CT molecular complexity index is 709. The molecular formula is C16H18N2O4S. The van der Waals surface area contributed by atoms with E-state index in [1.807, 2.05) is 6.92 Å². The minimum atomic E-state index is -1.02. The summed E-state index contributed by atoms with van der Waals surface area (Å²) in [6, 6.07) is 7.07. The van der Waals surface area contributed by atoms with Gasteiger partial charge >= 0.3 is 5.97 Å². The molecule has 0 aliphatic heterocycles. The quantitative estimate of drug-likeness (QED) is 0.846. The van der Waals surface area contributed by atoms with Crippen molar-refractivity contribution in [2.75, 3.05) is 11.9 Å². The van der Waals surface area contributed by atoms with Gasteiger partial charge in [0.1, 0.15) is 15.6 Å². The van der Waals surface area contributed by atoms with Crippen molar-refractivity contribution in [3.05, 3.63) is 39.8 Å². The number of carbonyl (C=O) groups excluding carboxylic acids is 1. The predicted octanol–water partition coefficient (Wildman–Crippen LogP) is 3.29. The van der Waals surface area contributed by atoms with Crippen LogP contribution in [0.4, 0.5) is 5.69 Å². The van der Waals surface area contributed by atoms with Gasteiger partial charge in [0.05, 0.1) is 18.2 Å². The zero-order chi connectivity index (χ0) is 17.0. The number of rotatable bonds is 6. The molecule has 1 amide bonds. The number of anilines is 1. The maximum Gasteiger partial charge on any atom is 0.347 e. The van der Waals surface area contributed by atoms with E-state index in [4.69, 9.17) is 9.84 Å². The van der Waals surface area contributed by atoms with Crippen molar-refractivity contribution in [3.8, 4) is 5.75 Å². The van der Waals surface area contributed by atoms with Crippen LogP contribution in [0.5, 0.6) is 5.75 Å². The van der Waals surface area contributed by atoms with E-state index in [2.05, 4.69) is 10.3 Å². The van der Waals surface area contributed by atoms with Crippen molar-refractivity contribution in [1.29, 1.82) is 0 Å².